The molecule has 2 aromatic rings. The van der Waals surface area contributed by atoms with Crippen molar-refractivity contribution in [3.8, 4) is 0 Å². The molecule has 0 fully saturated rings. The first-order valence-corrected chi connectivity index (χ1v) is 6.22. The van der Waals surface area contributed by atoms with Crippen LogP contribution < -0.4 is 0 Å². The maximum absolute atomic E-state index is 11.6. The average molecular weight is 263 g/mol. The summed E-state index contributed by atoms with van der Waals surface area (Å²) in [5.74, 6) is -0.433. The van der Waals surface area contributed by atoms with E-state index in [0.717, 1.165) is 25.1 Å². The molecule has 2 aromatic heterocycles. The minimum atomic E-state index is -0.433. The van der Waals surface area contributed by atoms with E-state index in [4.69, 9.17) is 4.74 Å². The van der Waals surface area contributed by atoms with Crippen LogP contribution in [-0.4, -0.2) is 37.6 Å². The molecular formula is C12H17N5O2. The first-order chi connectivity index (χ1) is 9.26. The second kappa shape index (κ2) is 6.12. The van der Waals surface area contributed by atoms with E-state index in [9.17, 15) is 4.79 Å². The van der Waals surface area contributed by atoms with E-state index in [0.29, 0.717) is 12.2 Å². The number of imidazole rings is 1. The van der Waals surface area contributed by atoms with Crippen LogP contribution in [0.25, 0.3) is 0 Å². The molecule has 0 unspecified atom stereocenters. The van der Waals surface area contributed by atoms with Crippen molar-refractivity contribution in [3.63, 3.8) is 0 Å². The Morgan fingerprint density at radius 3 is 2.89 bits per heavy atom. The molecule has 0 radical (unpaired) electrons. The van der Waals surface area contributed by atoms with Crippen LogP contribution in [-0.2, 0) is 24.2 Å². The minimum absolute atomic E-state index is 0.315. The Hall–Kier alpha value is -2.18. The number of hydrogen-bond acceptors (Lipinski definition) is 5. The predicted molar refractivity (Wildman–Crippen MR) is 67.6 cm³/mol. The van der Waals surface area contributed by atoms with Crippen molar-refractivity contribution < 1.29 is 9.53 Å². The van der Waals surface area contributed by atoms with Crippen LogP contribution in [0, 0.1) is 0 Å². The van der Waals surface area contributed by atoms with Gasteiger partial charge in [0.15, 0.2) is 5.69 Å². The topological polar surface area (TPSA) is 74.8 Å². The molecule has 0 saturated carbocycles. The fourth-order valence-electron chi connectivity index (χ4n) is 1.88. The number of aromatic nitrogens is 5. The van der Waals surface area contributed by atoms with Gasteiger partial charge < -0.3 is 9.30 Å². The first-order valence-electron chi connectivity index (χ1n) is 6.22. The molecular weight excluding hydrogens is 246 g/mol. The monoisotopic (exact) mass is 263 g/mol. The van der Waals surface area contributed by atoms with Gasteiger partial charge in [0.25, 0.3) is 0 Å². The van der Waals surface area contributed by atoms with Gasteiger partial charge in [-0.15, -0.1) is 5.10 Å². The van der Waals surface area contributed by atoms with Crippen molar-refractivity contribution in [2.75, 3.05) is 7.11 Å². The zero-order valence-electron chi connectivity index (χ0n) is 11.1. The lowest BCUT2D eigenvalue weighted by molar-refractivity contribution is 0.0592. The maximum Gasteiger partial charge on any atom is 0.360 e. The van der Waals surface area contributed by atoms with Crippen molar-refractivity contribution >= 4 is 5.97 Å². The Labute approximate surface area is 111 Å². The number of aryl methyl sites for hydroxylation is 2. The van der Waals surface area contributed by atoms with Gasteiger partial charge in [-0.3, -0.25) is 0 Å². The number of hydrogen-bond donors (Lipinski definition) is 0. The molecule has 0 N–H and O–H groups in total. The van der Waals surface area contributed by atoms with Crippen LogP contribution in [0.4, 0.5) is 0 Å². The normalized spacial score (nSPS) is 10.6. The fraction of sp³-hybridized carbons (Fsp3) is 0.500. The van der Waals surface area contributed by atoms with Gasteiger partial charge in [0.2, 0.25) is 0 Å². The van der Waals surface area contributed by atoms with Crippen LogP contribution in [0.5, 0.6) is 0 Å². The molecule has 0 spiro atoms. The molecule has 0 amide bonds. The fourth-order valence-corrected chi connectivity index (χ4v) is 1.88. The third-order valence-corrected chi connectivity index (χ3v) is 2.83. The Kier molecular flexibility index (Phi) is 4.27. The quantitative estimate of drug-likeness (QED) is 0.724. The highest BCUT2D eigenvalue weighted by atomic mass is 16.5. The smallest absolute Gasteiger partial charge is 0.360 e. The van der Waals surface area contributed by atoms with Gasteiger partial charge in [0, 0.05) is 18.9 Å². The summed E-state index contributed by atoms with van der Waals surface area (Å²) in [6.45, 7) is 3.44. The number of methoxy groups -OCH3 is 1. The van der Waals surface area contributed by atoms with E-state index in [1.54, 1.807) is 17.2 Å². The summed E-state index contributed by atoms with van der Waals surface area (Å²) in [4.78, 5) is 15.6. The molecule has 0 aliphatic carbocycles. The van der Waals surface area contributed by atoms with Crippen molar-refractivity contribution in [3.05, 3.63) is 30.1 Å². The molecule has 0 bridgehead atoms. The molecule has 19 heavy (non-hydrogen) atoms. The van der Waals surface area contributed by atoms with Crippen molar-refractivity contribution in [1.82, 2.24) is 24.5 Å². The van der Waals surface area contributed by atoms with Crippen LogP contribution in [0.2, 0.25) is 0 Å². The van der Waals surface area contributed by atoms with Crippen LogP contribution in [0.15, 0.2) is 18.7 Å². The number of rotatable bonds is 6. The van der Waals surface area contributed by atoms with E-state index in [1.165, 1.54) is 7.11 Å². The second-order valence-electron chi connectivity index (χ2n) is 4.15. The van der Waals surface area contributed by atoms with Gasteiger partial charge in [0.1, 0.15) is 0 Å². The summed E-state index contributed by atoms with van der Waals surface area (Å²) in [7, 11) is 1.35. The highest BCUT2D eigenvalue weighted by molar-refractivity contribution is 5.88. The Bertz CT molecular complexity index is 532. The number of carbonyl (C=O) groups excluding carboxylic acids is 1. The highest BCUT2D eigenvalue weighted by Crippen LogP contribution is 2.10. The molecule has 0 saturated heterocycles. The Morgan fingerprint density at radius 2 is 2.26 bits per heavy atom. The number of ether oxygens (including phenoxy) is 1. The number of nitrogens with zero attached hydrogens (tertiary/aromatic N) is 5. The van der Waals surface area contributed by atoms with Gasteiger partial charge >= 0.3 is 5.97 Å². The molecule has 0 aliphatic heterocycles. The molecule has 0 aromatic carbocycles. The van der Waals surface area contributed by atoms with Crippen molar-refractivity contribution in [2.45, 2.75) is 32.9 Å². The maximum atomic E-state index is 11.6. The van der Waals surface area contributed by atoms with E-state index in [-0.39, 0.29) is 0 Å². The number of esters is 1. The second-order valence-corrected chi connectivity index (χ2v) is 4.15. The van der Waals surface area contributed by atoms with E-state index >= 15 is 0 Å². The zero-order valence-corrected chi connectivity index (χ0v) is 11.1. The lowest BCUT2D eigenvalue weighted by atomic mass is 10.2. The van der Waals surface area contributed by atoms with Gasteiger partial charge in [-0.25, -0.2) is 14.5 Å². The third kappa shape index (κ3) is 2.98. The molecule has 2 rings (SSSR count). The highest BCUT2D eigenvalue weighted by Gasteiger charge is 2.19. The van der Waals surface area contributed by atoms with Crippen molar-refractivity contribution in [2.24, 2.45) is 0 Å². The van der Waals surface area contributed by atoms with Gasteiger partial charge in [-0.1, -0.05) is 18.6 Å². The predicted octanol–water partition coefficient (Wildman–Crippen LogP) is 0.914. The SMILES string of the molecule is CCCc1c(C(=O)OC)nnn1CCn1ccnc1. The molecule has 0 atom stereocenters. The van der Waals surface area contributed by atoms with Crippen LogP contribution in [0.1, 0.15) is 29.5 Å². The lowest BCUT2D eigenvalue weighted by Crippen LogP contribution is -2.12. The standard InChI is InChI=1S/C12H17N5O2/c1-3-4-10-11(12(18)19-2)14-15-17(10)8-7-16-6-5-13-9-16/h5-6,9H,3-4,7-8H2,1-2H3. The van der Waals surface area contributed by atoms with Gasteiger partial charge in [-0.2, -0.15) is 0 Å². The summed E-state index contributed by atoms with van der Waals surface area (Å²) in [5.41, 5.74) is 1.14. The van der Waals surface area contributed by atoms with E-state index in [1.807, 2.05) is 17.7 Å². The molecule has 7 nitrogen and oxygen atoms in total. The summed E-state index contributed by atoms with van der Waals surface area (Å²) in [6, 6.07) is 0. The zero-order chi connectivity index (χ0) is 13.7. The summed E-state index contributed by atoms with van der Waals surface area (Å²) >= 11 is 0. The molecule has 7 heteroatoms. The molecule has 2 heterocycles. The third-order valence-electron chi connectivity index (χ3n) is 2.83. The van der Waals surface area contributed by atoms with E-state index in [2.05, 4.69) is 15.3 Å². The first kappa shape index (κ1) is 13.3. The Morgan fingerprint density at radius 1 is 1.42 bits per heavy atom. The summed E-state index contributed by atoms with van der Waals surface area (Å²) < 4.78 is 8.43. The summed E-state index contributed by atoms with van der Waals surface area (Å²) in [6.07, 6.45) is 7.03. The summed E-state index contributed by atoms with van der Waals surface area (Å²) in [5, 5.41) is 7.95. The number of carbonyl (C=O) groups is 1. The van der Waals surface area contributed by atoms with Gasteiger partial charge in [-0.05, 0) is 6.42 Å². The van der Waals surface area contributed by atoms with Gasteiger partial charge in [0.05, 0.1) is 25.7 Å². The lowest BCUT2D eigenvalue weighted by Gasteiger charge is -2.07. The van der Waals surface area contributed by atoms with Crippen molar-refractivity contribution in [1.29, 1.82) is 0 Å². The average Bonchev–Trinajstić information content (AvgIpc) is 3.05. The largest absolute Gasteiger partial charge is 0.464 e. The molecule has 102 valence electrons. The Balaban J connectivity index is 2.15. The van der Waals surface area contributed by atoms with Crippen LogP contribution >= 0.6 is 0 Å². The molecule has 0 aliphatic rings. The van der Waals surface area contributed by atoms with E-state index < -0.39 is 5.97 Å². The minimum Gasteiger partial charge on any atom is -0.464 e. The van der Waals surface area contributed by atoms with Crippen LogP contribution in [0.3, 0.4) is 0 Å².